The monoisotopic (exact) mass is 307 g/mol. The van der Waals surface area contributed by atoms with Crippen molar-refractivity contribution in [3.63, 3.8) is 0 Å². The van der Waals surface area contributed by atoms with Crippen LogP contribution in [0.15, 0.2) is 41.0 Å². The highest BCUT2D eigenvalue weighted by molar-refractivity contribution is 6.04. The maximum absolute atomic E-state index is 12.7. The quantitative estimate of drug-likeness (QED) is 0.741. The number of allylic oxidation sites excluding steroid dienone is 2. The summed E-state index contributed by atoms with van der Waals surface area (Å²) in [5.74, 6) is 0. The first-order valence-corrected chi connectivity index (χ1v) is 8.38. The Hall–Kier alpha value is -2.36. The van der Waals surface area contributed by atoms with E-state index in [-0.39, 0.29) is 5.56 Å². The second-order valence-corrected chi connectivity index (χ2v) is 6.50. The van der Waals surface area contributed by atoms with Crippen molar-refractivity contribution in [2.24, 2.45) is 0 Å². The highest BCUT2D eigenvalue weighted by atomic mass is 16.1. The van der Waals surface area contributed by atoms with Crippen LogP contribution in [-0.2, 0) is 6.54 Å². The van der Waals surface area contributed by atoms with Crippen molar-refractivity contribution >= 4 is 21.9 Å². The lowest BCUT2D eigenvalue weighted by Crippen LogP contribution is -2.21. The third kappa shape index (κ3) is 2.58. The average molecular weight is 307 g/mol. The summed E-state index contributed by atoms with van der Waals surface area (Å²) in [6.45, 7) is 2.76. The van der Waals surface area contributed by atoms with Crippen LogP contribution >= 0.6 is 0 Å². The summed E-state index contributed by atoms with van der Waals surface area (Å²) in [6, 6.07) is 6.15. The molecule has 0 atom stereocenters. The lowest BCUT2D eigenvalue weighted by molar-refractivity contribution is 0.610. The van der Waals surface area contributed by atoms with Gasteiger partial charge in [0.05, 0.1) is 6.33 Å². The summed E-state index contributed by atoms with van der Waals surface area (Å²) >= 11 is 0. The first kappa shape index (κ1) is 14.2. The molecular weight excluding hydrogens is 286 g/mol. The summed E-state index contributed by atoms with van der Waals surface area (Å²) in [4.78, 5) is 20.5. The van der Waals surface area contributed by atoms with Crippen LogP contribution in [0.2, 0.25) is 0 Å². The summed E-state index contributed by atoms with van der Waals surface area (Å²) in [6.07, 6.45) is 9.92. The third-order valence-corrected chi connectivity index (χ3v) is 4.79. The lowest BCUT2D eigenvalue weighted by Gasteiger charge is -2.13. The van der Waals surface area contributed by atoms with Gasteiger partial charge in [0.2, 0.25) is 0 Å². The van der Waals surface area contributed by atoms with Crippen LogP contribution in [0.1, 0.15) is 37.7 Å². The van der Waals surface area contributed by atoms with Gasteiger partial charge >= 0.3 is 0 Å². The Labute approximate surface area is 134 Å². The van der Waals surface area contributed by atoms with Gasteiger partial charge in [0.1, 0.15) is 11.0 Å². The molecule has 4 heteroatoms. The molecule has 1 aliphatic rings. The second kappa shape index (κ2) is 5.69. The van der Waals surface area contributed by atoms with E-state index in [0.717, 1.165) is 22.8 Å². The van der Waals surface area contributed by atoms with Crippen LogP contribution in [0.25, 0.3) is 21.9 Å². The number of aromatic nitrogens is 3. The Morgan fingerprint density at radius 1 is 1.30 bits per heavy atom. The van der Waals surface area contributed by atoms with Gasteiger partial charge in [-0.1, -0.05) is 23.8 Å². The van der Waals surface area contributed by atoms with Crippen LogP contribution in [0, 0.1) is 6.92 Å². The summed E-state index contributed by atoms with van der Waals surface area (Å²) in [5.41, 5.74) is 5.06. The molecule has 3 aromatic rings. The fraction of sp³-hybridized carbons (Fsp3) is 0.368. The van der Waals surface area contributed by atoms with E-state index in [4.69, 9.17) is 0 Å². The molecule has 0 saturated carbocycles. The van der Waals surface area contributed by atoms with Crippen LogP contribution in [-0.4, -0.2) is 14.5 Å². The summed E-state index contributed by atoms with van der Waals surface area (Å²) in [7, 11) is 0. The minimum Gasteiger partial charge on any atom is -0.349 e. The topological polar surface area (TPSA) is 50.7 Å². The van der Waals surface area contributed by atoms with Crippen molar-refractivity contribution in [1.29, 1.82) is 0 Å². The highest BCUT2D eigenvalue weighted by Crippen LogP contribution is 2.23. The number of aromatic amines is 1. The Balaban J connectivity index is 1.71. The third-order valence-electron chi connectivity index (χ3n) is 4.79. The number of hydrogen-bond acceptors (Lipinski definition) is 2. The summed E-state index contributed by atoms with van der Waals surface area (Å²) in [5, 5.41) is 1.02. The van der Waals surface area contributed by atoms with E-state index in [2.05, 4.69) is 35.1 Å². The first-order chi connectivity index (χ1) is 11.2. The number of hydrogen-bond donors (Lipinski definition) is 1. The fourth-order valence-electron chi connectivity index (χ4n) is 3.46. The van der Waals surface area contributed by atoms with Crippen molar-refractivity contribution in [2.45, 2.75) is 45.6 Å². The molecule has 0 aliphatic heterocycles. The van der Waals surface area contributed by atoms with Crippen molar-refractivity contribution in [2.75, 3.05) is 0 Å². The van der Waals surface area contributed by atoms with Crippen LogP contribution in [0.4, 0.5) is 0 Å². The van der Waals surface area contributed by atoms with Gasteiger partial charge in [-0.05, 0) is 50.7 Å². The molecule has 2 aromatic heterocycles. The molecule has 0 amide bonds. The van der Waals surface area contributed by atoms with Crippen molar-refractivity contribution in [3.05, 3.63) is 52.1 Å². The maximum Gasteiger partial charge on any atom is 0.277 e. The zero-order valence-electron chi connectivity index (χ0n) is 13.4. The number of H-pyrrole nitrogens is 1. The molecule has 0 saturated heterocycles. The van der Waals surface area contributed by atoms with Gasteiger partial charge in [-0.2, -0.15) is 0 Å². The fourth-order valence-corrected chi connectivity index (χ4v) is 3.46. The predicted molar refractivity (Wildman–Crippen MR) is 93.8 cm³/mol. The van der Waals surface area contributed by atoms with Gasteiger partial charge in [0, 0.05) is 17.4 Å². The van der Waals surface area contributed by atoms with E-state index in [1.165, 1.54) is 36.8 Å². The number of aryl methyl sites for hydroxylation is 2. The van der Waals surface area contributed by atoms with Crippen molar-refractivity contribution in [3.8, 4) is 0 Å². The standard InChI is InChI=1S/C19H21N3O/c1-13-7-8-15-16(11-13)21-18-17(15)20-12-22(19(18)23)10-9-14-5-3-2-4-6-14/h5,7-8,11-12,21H,2-4,6,9-10H2,1H3. The van der Waals surface area contributed by atoms with Gasteiger partial charge in [-0.3, -0.25) is 9.36 Å². The van der Waals surface area contributed by atoms with Crippen LogP contribution in [0.3, 0.4) is 0 Å². The largest absolute Gasteiger partial charge is 0.349 e. The normalized spacial score (nSPS) is 15.3. The molecule has 0 spiro atoms. The predicted octanol–water partition coefficient (Wildman–Crippen LogP) is 4.08. The van der Waals surface area contributed by atoms with Gasteiger partial charge in [0.25, 0.3) is 5.56 Å². The van der Waals surface area contributed by atoms with Crippen molar-refractivity contribution < 1.29 is 0 Å². The second-order valence-electron chi connectivity index (χ2n) is 6.50. The van der Waals surface area contributed by atoms with Crippen LogP contribution < -0.4 is 5.56 Å². The maximum atomic E-state index is 12.7. The molecule has 4 nitrogen and oxygen atoms in total. The van der Waals surface area contributed by atoms with E-state index in [1.54, 1.807) is 10.9 Å². The lowest BCUT2D eigenvalue weighted by atomic mass is 9.97. The van der Waals surface area contributed by atoms with Crippen molar-refractivity contribution in [1.82, 2.24) is 14.5 Å². The molecule has 0 fully saturated rings. The Morgan fingerprint density at radius 2 is 2.22 bits per heavy atom. The first-order valence-electron chi connectivity index (χ1n) is 8.38. The number of nitrogens with zero attached hydrogens (tertiary/aromatic N) is 2. The zero-order valence-corrected chi connectivity index (χ0v) is 13.4. The van der Waals surface area contributed by atoms with E-state index in [0.29, 0.717) is 12.1 Å². The van der Waals surface area contributed by atoms with Crippen LogP contribution in [0.5, 0.6) is 0 Å². The summed E-state index contributed by atoms with van der Waals surface area (Å²) < 4.78 is 1.74. The molecule has 1 N–H and O–H groups in total. The number of nitrogens with one attached hydrogen (secondary N) is 1. The molecule has 118 valence electrons. The van der Waals surface area contributed by atoms with E-state index in [1.807, 2.05) is 6.07 Å². The number of fused-ring (bicyclic) bond motifs is 3. The minimum absolute atomic E-state index is 0.0280. The molecule has 0 unspecified atom stereocenters. The van der Waals surface area contributed by atoms with Gasteiger partial charge in [-0.25, -0.2) is 4.98 Å². The molecule has 1 aromatic carbocycles. The number of rotatable bonds is 3. The minimum atomic E-state index is 0.0280. The molecule has 1 aliphatic carbocycles. The van der Waals surface area contributed by atoms with E-state index < -0.39 is 0 Å². The number of benzene rings is 1. The van der Waals surface area contributed by atoms with Gasteiger partial charge < -0.3 is 4.98 Å². The molecule has 4 rings (SSSR count). The molecule has 0 radical (unpaired) electrons. The molecule has 0 bridgehead atoms. The molecule has 2 heterocycles. The Morgan fingerprint density at radius 3 is 3.04 bits per heavy atom. The van der Waals surface area contributed by atoms with E-state index >= 15 is 0 Å². The SMILES string of the molecule is Cc1ccc2c(c1)[nH]c1c(=O)n(CCC3=CCCCC3)cnc12. The van der Waals surface area contributed by atoms with E-state index in [9.17, 15) is 4.79 Å². The average Bonchev–Trinajstić information content (AvgIpc) is 2.93. The smallest absolute Gasteiger partial charge is 0.277 e. The molecule has 23 heavy (non-hydrogen) atoms. The highest BCUT2D eigenvalue weighted by Gasteiger charge is 2.11. The Kier molecular flexibility index (Phi) is 3.52. The van der Waals surface area contributed by atoms with Gasteiger partial charge in [0.15, 0.2) is 0 Å². The Bertz CT molecular complexity index is 962. The van der Waals surface area contributed by atoms with Gasteiger partial charge in [-0.15, -0.1) is 0 Å². The molecular formula is C19H21N3O. The zero-order chi connectivity index (χ0) is 15.8.